The van der Waals surface area contributed by atoms with Gasteiger partial charge in [0.2, 0.25) is 0 Å². The number of rotatable bonds is 1. The molecule has 1 heterocycles. The summed E-state index contributed by atoms with van der Waals surface area (Å²) in [6, 6.07) is 0.540. The molecule has 1 saturated heterocycles. The summed E-state index contributed by atoms with van der Waals surface area (Å²) in [5.74, 6) is 0.817. The number of nitrogens with one attached hydrogen (secondary N) is 1. The van der Waals surface area contributed by atoms with Crippen molar-refractivity contribution in [2.24, 2.45) is 5.92 Å². The Labute approximate surface area is 74.7 Å². The van der Waals surface area contributed by atoms with E-state index >= 15 is 0 Å². The van der Waals surface area contributed by atoms with Gasteiger partial charge in [-0.3, -0.25) is 0 Å². The number of hydrogen-bond acceptors (Lipinski definition) is 2. The molecule has 1 saturated carbocycles. The summed E-state index contributed by atoms with van der Waals surface area (Å²) in [7, 11) is 0. The van der Waals surface area contributed by atoms with Crippen molar-refractivity contribution in [2.75, 3.05) is 13.2 Å². The summed E-state index contributed by atoms with van der Waals surface area (Å²) in [6.45, 7) is 6.36. The van der Waals surface area contributed by atoms with Crippen LogP contribution in [-0.4, -0.2) is 24.8 Å². The van der Waals surface area contributed by atoms with Crippen LogP contribution in [0.4, 0.5) is 0 Å². The first-order chi connectivity index (χ1) is 5.71. The minimum atomic E-state index is 0.144. The second kappa shape index (κ2) is 3.00. The molecular formula is C10H19NO. The van der Waals surface area contributed by atoms with E-state index in [4.69, 9.17) is 4.74 Å². The molecule has 0 radical (unpaired) electrons. The predicted molar refractivity (Wildman–Crippen MR) is 49.2 cm³/mol. The van der Waals surface area contributed by atoms with Crippen molar-refractivity contribution >= 4 is 0 Å². The van der Waals surface area contributed by atoms with Crippen LogP contribution in [0.3, 0.4) is 0 Å². The highest BCUT2D eigenvalue weighted by Crippen LogP contribution is 2.39. The van der Waals surface area contributed by atoms with Crippen molar-refractivity contribution in [3.8, 4) is 0 Å². The van der Waals surface area contributed by atoms with E-state index in [1.165, 1.54) is 19.3 Å². The zero-order chi connectivity index (χ0) is 8.60. The number of hydrogen-bond donors (Lipinski definition) is 1. The Kier molecular flexibility index (Phi) is 2.13. The molecule has 1 aliphatic heterocycles. The van der Waals surface area contributed by atoms with E-state index in [0.717, 1.165) is 19.1 Å². The maximum absolute atomic E-state index is 5.92. The average molecular weight is 169 g/mol. The maximum atomic E-state index is 5.92. The molecule has 0 aromatic carbocycles. The second-order valence-corrected chi connectivity index (χ2v) is 4.53. The summed E-state index contributed by atoms with van der Waals surface area (Å²) < 4.78 is 5.92. The van der Waals surface area contributed by atoms with Crippen LogP contribution in [0.5, 0.6) is 0 Å². The van der Waals surface area contributed by atoms with Crippen molar-refractivity contribution in [1.29, 1.82) is 0 Å². The smallest absolute Gasteiger partial charge is 0.0807 e. The van der Waals surface area contributed by atoms with Crippen LogP contribution in [0.25, 0.3) is 0 Å². The highest BCUT2D eigenvalue weighted by molar-refractivity contribution is 4.94. The van der Waals surface area contributed by atoms with Crippen molar-refractivity contribution in [1.82, 2.24) is 5.32 Å². The van der Waals surface area contributed by atoms with Crippen molar-refractivity contribution in [3.05, 3.63) is 0 Å². The zero-order valence-electron chi connectivity index (χ0n) is 8.10. The van der Waals surface area contributed by atoms with Gasteiger partial charge in [-0.15, -0.1) is 0 Å². The number of morpholine rings is 1. The lowest BCUT2D eigenvalue weighted by atomic mass is 9.73. The molecule has 1 N–H and O–H groups in total. The van der Waals surface area contributed by atoms with Gasteiger partial charge >= 0.3 is 0 Å². The lowest BCUT2D eigenvalue weighted by molar-refractivity contribution is -0.123. The summed E-state index contributed by atoms with van der Waals surface area (Å²) in [6.07, 6.45) is 4.14. The van der Waals surface area contributed by atoms with Crippen molar-refractivity contribution in [3.63, 3.8) is 0 Å². The van der Waals surface area contributed by atoms with Gasteiger partial charge in [0, 0.05) is 12.6 Å². The van der Waals surface area contributed by atoms with Crippen LogP contribution in [-0.2, 0) is 4.74 Å². The van der Waals surface area contributed by atoms with E-state index in [9.17, 15) is 0 Å². The average Bonchev–Trinajstić information content (AvgIpc) is 1.92. The van der Waals surface area contributed by atoms with Gasteiger partial charge < -0.3 is 10.1 Å². The van der Waals surface area contributed by atoms with Crippen molar-refractivity contribution in [2.45, 2.75) is 44.8 Å². The third-order valence-electron chi connectivity index (χ3n) is 3.43. The molecule has 0 amide bonds. The third kappa shape index (κ3) is 1.38. The molecule has 0 spiro atoms. The van der Waals surface area contributed by atoms with E-state index in [2.05, 4.69) is 19.2 Å². The first-order valence-electron chi connectivity index (χ1n) is 5.08. The Morgan fingerprint density at radius 3 is 2.58 bits per heavy atom. The molecule has 2 heteroatoms. The fraction of sp³-hybridized carbons (Fsp3) is 1.00. The molecule has 1 aliphatic carbocycles. The Morgan fingerprint density at radius 1 is 1.42 bits per heavy atom. The molecule has 0 bridgehead atoms. The lowest BCUT2D eigenvalue weighted by Crippen LogP contribution is -2.56. The Hall–Kier alpha value is -0.0800. The van der Waals surface area contributed by atoms with Crippen LogP contribution >= 0.6 is 0 Å². The van der Waals surface area contributed by atoms with Crippen molar-refractivity contribution < 1.29 is 4.74 Å². The molecule has 2 fully saturated rings. The first kappa shape index (κ1) is 8.52. The predicted octanol–water partition coefficient (Wildman–Crippen LogP) is 1.55. The summed E-state index contributed by atoms with van der Waals surface area (Å²) in [4.78, 5) is 0. The van der Waals surface area contributed by atoms with Gasteiger partial charge in [0.1, 0.15) is 0 Å². The summed E-state index contributed by atoms with van der Waals surface area (Å²) >= 11 is 0. The minimum absolute atomic E-state index is 0.144. The highest BCUT2D eigenvalue weighted by atomic mass is 16.5. The van der Waals surface area contributed by atoms with Gasteiger partial charge in [0.05, 0.1) is 12.2 Å². The van der Waals surface area contributed by atoms with E-state index in [-0.39, 0.29) is 5.60 Å². The van der Waals surface area contributed by atoms with Gasteiger partial charge in [0.15, 0.2) is 0 Å². The highest BCUT2D eigenvalue weighted by Gasteiger charge is 2.40. The van der Waals surface area contributed by atoms with Crippen LogP contribution in [0.1, 0.15) is 33.1 Å². The lowest BCUT2D eigenvalue weighted by Gasteiger charge is -2.46. The van der Waals surface area contributed by atoms with Crippen LogP contribution in [0.15, 0.2) is 0 Å². The second-order valence-electron chi connectivity index (χ2n) is 4.53. The normalized spacial score (nSPS) is 44.0. The third-order valence-corrected chi connectivity index (χ3v) is 3.43. The van der Waals surface area contributed by atoms with Gasteiger partial charge in [-0.1, -0.05) is 6.42 Å². The molecular weight excluding hydrogens is 150 g/mol. The number of ether oxygens (including phenoxy) is 1. The Balaban J connectivity index is 1.92. The minimum Gasteiger partial charge on any atom is -0.372 e. The van der Waals surface area contributed by atoms with E-state index in [1.807, 2.05) is 0 Å². The topological polar surface area (TPSA) is 21.3 Å². The molecule has 2 atom stereocenters. The molecule has 2 aliphatic rings. The maximum Gasteiger partial charge on any atom is 0.0807 e. The van der Waals surface area contributed by atoms with E-state index < -0.39 is 0 Å². The Morgan fingerprint density at radius 2 is 2.17 bits per heavy atom. The fourth-order valence-corrected chi connectivity index (χ4v) is 2.08. The van der Waals surface area contributed by atoms with Gasteiger partial charge in [-0.2, -0.15) is 0 Å². The molecule has 2 nitrogen and oxygen atoms in total. The van der Waals surface area contributed by atoms with Crippen LogP contribution < -0.4 is 5.32 Å². The van der Waals surface area contributed by atoms with Crippen LogP contribution in [0.2, 0.25) is 0 Å². The molecule has 0 aromatic rings. The van der Waals surface area contributed by atoms with E-state index in [1.54, 1.807) is 0 Å². The van der Waals surface area contributed by atoms with Gasteiger partial charge in [0.25, 0.3) is 0 Å². The van der Waals surface area contributed by atoms with Gasteiger partial charge in [-0.05, 0) is 32.6 Å². The SMILES string of the molecule is CC1COC(C)(C2CCC2)CN1. The Bertz CT molecular complexity index is 157. The standard InChI is InChI=1S/C10H19NO/c1-8-6-12-10(2,7-11-8)9-4-3-5-9/h8-9,11H,3-7H2,1-2H3. The fourth-order valence-electron chi connectivity index (χ4n) is 2.08. The first-order valence-corrected chi connectivity index (χ1v) is 5.08. The largest absolute Gasteiger partial charge is 0.372 e. The molecule has 0 aromatic heterocycles. The van der Waals surface area contributed by atoms with E-state index in [0.29, 0.717) is 6.04 Å². The zero-order valence-corrected chi connectivity index (χ0v) is 8.10. The monoisotopic (exact) mass is 169 g/mol. The molecule has 70 valence electrons. The molecule has 12 heavy (non-hydrogen) atoms. The quantitative estimate of drug-likeness (QED) is 0.643. The summed E-state index contributed by atoms with van der Waals surface area (Å²) in [5.41, 5.74) is 0.144. The summed E-state index contributed by atoms with van der Waals surface area (Å²) in [5, 5.41) is 3.50. The molecule has 2 rings (SSSR count). The van der Waals surface area contributed by atoms with Crippen LogP contribution in [0, 0.1) is 5.92 Å². The molecule has 2 unspecified atom stereocenters. The van der Waals surface area contributed by atoms with Gasteiger partial charge in [-0.25, -0.2) is 0 Å².